The van der Waals surface area contributed by atoms with Crippen LogP contribution in [0.15, 0.2) is 72.0 Å². The maximum atomic E-state index is 13.0. The van der Waals surface area contributed by atoms with Crippen molar-refractivity contribution in [1.29, 1.82) is 0 Å². The lowest BCUT2D eigenvalue weighted by atomic mass is 10.1. The van der Waals surface area contributed by atoms with Crippen molar-refractivity contribution >= 4 is 46.2 Å². The number of aromatic nitrogens is 1. The van der Waals surface area contributed by atoms with Crippen LogP contribution >= 0.6 is 23.2 Å². The highest BCUT2D eigenvalue weighted by Crippen LogP contribution is 2.33. The minimum absolute atomic E-state index is 0.152. The largest absolute Gasteiger partial charge is 0.302 e. The number of halogens is 2. The van der Waals surface area contributed by atoms with Gasteiger partial charge >= 0.3 is 0 Å². The van der Waals surface area contributed by atoms with E-state index in [1.54, 1.807) is 35.5 Å². The minimum atomic E-state index is -0.152. The maximum Gasteiger partial charge on any atom is 0.277 e. The molecule has 0 fully saturated rings. The van der Waals surface area contributed by atoms with Crippen LogP contribution in [0.4, 0.5) is 11.4 Å². The molecule has 2 aromatic carbocycles. The van der Waals surface area contributed by atoms with Crippen molar-refractivity contribution in [2.75, 3.05) is 4.90 Å². The van der Waals surface area contributed by atoms with Gasteiger partial charge in [-0.05, 0) is 35.9 Å². The van der Waals surface area contributed by atoms with E-state index in [9.17, 15) is 4.79 Å². The fourth-order valence-corrected chi connectivity index (χ4v) is 3.18. The summed E-state index contributed by atoms with van der Waals surface area (Å²) in [6.45, 7) is 0.435. The molecule has 1 amide bonds. The summed E-state index contributed by atoms with van der Waals surface area (Å²) >= 11 is 12.0. The molecular weight excluding hydrogens is 369 g/mol. The first kappa shape index (κ1) is 16.8. The van der Waals surface area contributed by atoms with E-state index in [-0.39, 0.29) is 5.91 Å². The van der Waals surface area contributed by atoms with Crippen LogP contribution in [0.2, 0.25) is 10.0 Å². The standard InChI is InChI=1S/C20H13Cl2N3O/c21-16-8-7-14(10-17(16)22)24-19-15-5-1-2-6-18(15)25(20(19)26)12-13-4-3-9-23-11-13/h1-11H,12H2/b24-19-. The third-order valence-corrected chi connectivity index (χ3v) is 4.84. The van der Waals surface area contributed by atoms with E-state index < -0.39 is 0 Å². The summed E-state index contributed by atoms with van der Waals surface area (Å²) in [5.74, 6) is -0.152. The number of hydrogen-bond donors (Lipinski definition) is 0. The van der Waals surface area contributed by atoms with Crippen LogP contribution < -0.4 is 4.90 Å². The molecule has 0 atom stereocenters. The molecule has 0 saturated carbocycles. The van der Waals surface area contributed by atoms with E-state index in [0.717, 1.165) is 16.8 Å². The normalized spacial score (nSPS) is 14.8. The first-order valence-electron chi connectivity index (χ1n) is 7.97. The highest BCUT2D eigenvalue weighted by Gasteiger charge is 2.33. The second kappa shape index (κ2) is 6.90. The van der Waals surface area contributed by atoms with E-state index >= 15 is 0 Å². The number of anilines is 1. The van der Waals surface area contributed by atoms with Crippen molar-refractivity contribution < 1.29 is 4.79 Å². The second-order valence-electron chi connectivity index (χ2n) is 5.83. The van der Waals surface area contributed by atoms with Gasteiger partial charge in [0.05, 0.1) is 28.0 Å². The molecule has 0 unspecified atom stereocenters. The smallest absolute Gasteiger partial charge is 0.277 e. The molecule has 1 aliphatic heterocycles. The summed E-state index contributed by atoms with van der Waals surface area (Å²) in [5.41, 5.74) is 3.56. The Hall–Kier alpha value is -2.69. The number of pyridine rings is 1. The summed E-state index contributed by atoms with van der Waals surface area (Å²) in [5, 5.41) is 0.853. The van der Waals surface area contributed by atoms with Crippen LogP contribution in [0.25, 0.3) is 0 Å². The minimum Gasteiger partial charge on any atom is -0.302 e. The predicted octanol–water partition coefficient (Wildman–Crippen LogP) is 5.06. The van der Waals surface area contributed by atoms with Gasteiger partial charge in [0.25, 0.3) is 5.91 Å². The van der Waals surface area contributed by atoms with E-state index in [1.807, 2.05) is 36.4 Å². The molecule has 0 radical (unpaired) electrons. The topological polar surface area (TPSA) is 45.6 Å². The highest BCUT2D eigenvalue weighted by atomic mass is 35.5. The van der Waals surface area contributed by atoms with Crippen LogP contribution in [0.5, 0.6) is 0 Å². The number of benzene rings is 2. The SMILES string of the molecule is O=C1/C(=N\c2ccc(Cl)c(Cl)c2)c2ccccc2N1Cc1cccnc1. The molecule has 0 N–H and O–H groups in total. The zero-order chi connectivity index (χ0) is 18.1. The molecule has 26 heavy (non-hydrogen) atoms. The molecule has 0 bridgehead atoms. The average Bonchev–Trinajstić information content (AvgIpc) is 2.92. The maximum absolute atomic E-state index is 13.0. The Labute approximate surface area is 160 Å². The Kier molecular flexibility index (Phi) is 4.45. The highest BCUT2D eigenvalue weighted by molar-refractivity contribution is 6.54. The van der Waals surface area contributed by atoms with Gasteiger partial charge in [-0.1, -0.05) is 47.5 Å². The van der Waals surface area contributed by atoms with E-state index in [4.69, 9.17) is 23.2 Å². The third kappa shape index (κ3) is 3.09. The fraction of sp³-hybridized carbons (Fsp3) is 0.0500. The zero-order valence-corrected chi connectivity index (χ0v) is 15.1. The van der Waals surface area contributed by atoms with Crippen LogP contribution in [0, 0.1) is 0 Å². The Bertz CT molecular complexity index is 1020. The van der Waals surface area contributed by atoms with Gasteiger partial charge in [-0.3, -0.25) is 9.78 Å². The number of carbonyl (C=O) groups is 1. The number of nitrogens with zero attached hydrogens (tertiary/aromatic N) is 3. The van der Waals surface area contributed by atoms with E-state index in [0.29, 0.717) is 28.0 Å². The second-order valence-corrected chi connectivity index (χ2v) is 6.64. The molecule has 0 aliphatic carbocycles. The first-order valence-corrected chi connectivity index (χ1v) is 8.73. The molecule has 3 aromatic rings. The summed E-state index contributed by atoms with van der Waals surface area (Å²) in [6, 6.07) is 16.5. The molecule has 0 spiro atoms. The van der Waals surface area contributed by atoms with Crippen molar-refractivity contribution in [3.8, 4) is 0 Å². The molecule has 4 nitrogen and oxygen atoms in total. The number of amides is 1. The summed E-state index contributed by atoms with van der Waals surface area (Å²) in [7, 11) is 0. The van der Waals surface area contributed by atoms with Gasteiger partial charge in [0, 0.05) is 18.0 Å². The van der Waals surface area contributed by atoms with Crippen LogP contribution in [-0.4, -0.2) is 16.6 Å². The molecule has 0 saturated heterocycles. The van der Waals surface area contributed by atoms with Gasteiger partial charge in [0.2, 0.25) is 0 Å². The Morgan fingerprint density at radius 1 is 1.00 bits per heavy atom. The number of fused-ring (bicyclic) bond motifs is 1. The number of hydrogen-bond acceptors (Lipinski definition) is 3. The van der Waals surface area contributed by atoms with Gasteiger partial charge in [-0.25, -0.2) is 4.99 Å². The lowest BCUT2D eigenvalue weighted by Gasteiger charge is -2.16. The summed E-state index contributed by atoms with van der Waals surface area (Å²) in [4.78, 5) is 23.4. The molecule has 1 aliphatic rings. The Balaban J connectivity index is 1.76. The third-order valence-electron chi connectivity index (χ3n) is 4.11. The van der Waals surface area contributed by atoms with Crippen molar-refractivity contribution in [2.24, 2.45) is 4.99 Å². The van der Waals surface area contributed by atoms with Crippen LogP contribution in [-0.2, 0) is 11.3 Å². The molecule has 2 heterocycles. The van der Waals surface area contributed by atoms with Crippen molar-refractivity contribution in [3.63, 3.8) is 0 Å². The lowest BCUT2D eigenvalue weighted by Crippen LogP contribution is -2.29. The molecule has 128 valence electrons. The van der Waals surface area contributed by atoms with Crippen molar-refractivity contribution in [2.45, 2.75) is 6.54 Å². The number of para-hydroxylation sites is 1. The quantitative estimate of drug-likeness (QED) is 0.636. The Morgan fingerprint density at radius 3 is 2.62 bits per heavy atom. The zero-order valence-electron chi connectivity index (χ0n) is 13.6. The van der Waals surface area contributed by atoms with E-state index in [2.05, 4.69) is 9.98 Å². The van der Waals surface area contributed by atoms with Crippen LogP contribution in [0.1, 0.15) is 11.1 Å². The molecule has 6 heteroatoms. The van der Waals surface area contributed by atoms with Gasteiger partial charge in [-0.2, -0.15) is 0 Å². The van der Waals surface area contributed by atoms with Gasteiger partial charge in [0.15, 0.2) is 0 Å². The predicted molar refractivity (Wildman–Crippen MR) is 105 cm³/mol. The number of rotatable bonds is 3. The molecule has 4 rings (SSSR count). The van der Waals surface area contributed by atoms with Gasteiger partial charge < -0.3 is 4.90 Å². The summed E-state index contributed by atoms with van der Waals surface area (Å²) < 4.78 is 0. The monoisotopic (exact) mass is 381 g/mol. The van der Waals surface area contributed by atoms with E-state index in [1.165, 1.54) is 0 Å². The number of aliphatic imine (C=N–C) groups is 1. The van der Waals surface area contributed by atoms with Crippen LogP contribution in [0.3, 0.4) is 0 Å². The summed E-state index contributed by atoms with van der Waals surface area (Å²) in [6.07, 6.45) is 3.46. The first-order chi connectivity index (χ1) is 12.6. The van der Waals surface area contributed by atoms with Crippen molar-refractivity contribution in [3.05, 3.63) is 88.2 Å². The number of carbonyl (C=O) groups excluding carboxylic acids is 1. The van der Waals surface area contributed by atoms with Crippen molar-refractivity contribution in [1.82, 2.24) is 4.98 Å². The van der Waals surface area contributed by atoms with Gasteiger partial charge in [0.1, 0.15) is 5.71 Å². The lowest BCUT2D eigenvalue weighted by molar-refractivity contribution is -0.112. The average molecular weight is 382 g/mol. The molecular formula is C20H13Cl2N3O. The fourth-order valence-electron chi connectivity index (χ4n) is 2.88. The molecule has 1 aromatic heterocycles. The van der Waals surface area contributed by atoms with Gasteiger partial charge in [-0.15, -0.1) is 0 Å². The Morgan fingerprint density at radius 2 is 1.85 bits per heavy atom.